The fourth-order valence-corrected chi connectivity index (χ4v) is 4.17. The van der Waals surface area contributed by atoms with Crippen molar-refractivity contribution in [3.8, 4) is 0 Å². The first-order valence-corrected chi connectivity index (χ1v) is 8.97. The van der Waals surface area contributed by atoms with Crippen LogP contribution < -0.4 is 4.72 Å². The van der Waals surface area contributed by atoms with Gasteiger partial charge in [-0.05, 0) is 24.8 Å². The summed E-state index contributed by atoms with van der Waals surface area (Å²) < 4.78 is 27.5. The van der Waals surface area contributed by atoms with Gasteiger partial charge in [0.25, 0.3) is 0 Å². The summed E-state index contributed by atoms with van der Waals surface area (Å²) >= 11 is 11.5. The van der Waals surface area contributed by atoms with Gasteiger partial charge >= 0.3 is 0 Å². The van der Waals surface area contributed by atoms with Gasteiger partial charge in [-0.1, -0.05) is 49.4 Å². The Bertz CT molecular complexity index is 578. The molecule has 4 nitrogen and oxygen atoms in total. The minimum atomic E-state index is -3.60. The first-order valence-electron chi connectivity index (χ1n) is 6.73. The molecule has 2 rings (SSSR count). The van der Waals surface area contributed by atoms with Gasteiger partial charge in [0.2, 0.25) is 10.0 Å². The fourth-order valence-electron chi connectivity index (χ4n) is 2.49. The fraction of sp³-hybridized carbons (Fsp3) is 0.615. The Kier molecular flexibility index (Phi) is 5.29. The Balaban J connectivity index is 2.19. The molecule has 2 atom stereocenters. The third-order valence-corrected chi connectivity index (χ3v) is 5.89. The summed E-state index contributed by atoms with van der Waals surface area (Å²) in [6.45, 7) is 2.09. The van der Waals surface area contributed by atoms with E-state index < -0.39 is 10.0 Å². The second-order valence-electron chi connectivity index (χ2n) is 5.29. The van der Waals surface area contributed by atoms with Crippen molar-refractivity contribution < 1.29 is 8.42 Å². The first kappa shape index (κ1) is 16.0. The second-order valence-corrected chi connectivity index (χ2v) is 7.77. The van der Waals surface area contributed by atoms with E-state index in [0.717, 1.165) is 32.1 Å². The van der Waals surface area contributed by atoms with Crippen LogP contribution in [0.3, 0.4) is 0 Å². The van der Waals surface area contributed by atoms with Crippen molar-refractivity contribution in [2.45, 2.75) is 50.0 Å². The number of rotatable bonds is 3. The van der Waals surface area contributed by atoms with E-state index in [9.17, 15) is 8.42 Å². The number of sulfonamides is 1. The molecule has 1 heterocycles. The summed E-state index contributed by atoms with van der Waals surface area (Å²) in [5.41, 5.74) is 0. The average molecular weight is 337 g/mol. The molecule has 0 amide bonds. The molecule has 0 aromatic carbocycles. The molecule has 0 spiro atoms. The lowest BCUT2D eigenvalue weighted by molar-refractivity contribution is 0.399. The minimum absolute atomic E-state index is 0.0306. The molecule has 20 heavy (non-hydrogen) atoms. The van der Waals surface area contributed by atoms with Gasteiger partial charge in [-0.15, -0.1) is 0 Å². The quantitative estimate of drug-likeness (QED) is 0.677. The van der Waals surface area contributed by atoms with E-state index in [0.29, 0.717) is 5.92 Å². The summed E-state index contributed by atoms with van der Waals surface area (Å²) in [5, 5.41) is 0.247. The number of hydrogen-bond acceptors (Lipinski definition) is 3. The molecular formula is C13H18Cl2N2O2S. The third kappa shape index (κ3) is 3.85. The van der Waals surface area contributed by atoms with Crippen molar-refractivity contribution in [2.75, 3.05) is 0 Å². The molecule has 1 aromatic rings. The maximum Gasteiger partial charge on any atom is 0.242 e. The van der Waals surface area contributed by atoms with Gasteiger partial charge in [-0.25, -0.2) is 18.1 Å². The molecule has 112 valence electrons. The lowest BCUT2D eigenvalue weighted by Gasteiger charge is -2.22. The highest BCUT2D eigenvalue weighted by atomic mass is 35.5. The molecule has 1 aromatic heterocycles. The first-order chi connectivity index (χ1) is 9.40. The molecular weight excluding hydrogens is 319 g/mol. The molecule has 0 saturated heterocycles. The highest BCUT2D eigenvalue weighted by Gasteiger charge is 2.26. The van der Waals surface area contributed by atoms with Gasteiger partial charge in [0.05, 0.1) is 5.02 Å². The van der Waals surface area contributed by atoms with Crippen molar-refractivity contribution in [1.29, 1.82) is 0 Å². The number of pyridine rings is 1. The van der Waals surface area contributed by atoms with Crippen molar-refractivity contribution in [3.05, 3.63) is 22.4 Å². The zero-order valence-corrected chi connectivity index (χ0v) is 13.6. The normalized spacial score (nSPS) is 24.4. The number of nitrogens with zero attached hydrogens (tertiary/aromatic N) is 1. The molecule has 0 aliphatic heterocycles. The number of nitrogens with one attached hydrogen (secondary N) is 1. The predicted octanol–water partition coefficient (Wildman–Crippen LogP) is 3.64. The van der Waals surface area contributed by atoms with E-state index in [2.05, 4.69) is 16.6 Å². The van der Waals surface area contributed by atoms with E-state index in [-0.39, 0.29) is 21.1 Å². The molecule has 0 bridgehead atoms. The van der Waals surface area contributed by atoms with Crippen LogP contribution in [0.5, 0.6) is 0 Å². The van der Waals surface area contributed by atoms with Gasteiger partial charge in [0, 0.05) is 12.2 Å². The Morgan fingerprint density at radius 1 is 1.25 bits per heavy atom. The lowest BCUT2D eigenvalue weighted by Crippen LogP contribution is -2.38. The molecule has 1 aliphatic rings. The molecule has 7 heteroatoms. The van der Waals surface area contributed by atoms with E-state index in [1.54, 1.807) is 0 Å². The van der Waals surface area contributed by atoms with Crippen LogP contribution in [0.1, 0.15) is 39.0 Å². The van der Waals surface area contributed by atoms with Crippen LogP contribution in [0, 0.1) is 5.92 Å². The van der Waals surface area contributed by atoms with Crippen LogP contribution in [0.15, 0.2) is 17.2 Å². The number of hydrogen-bond donors (Lipinski definition) is 1. The molecule has 1 N–H and O–H groups in total. The minimum Gasteiger partial charge on any atom is -0.242 e. The van der Waals surface area contributed by atoms with Gasteiger partial charge in [-0.2, -0.15) is 0 Å². The molecule has 0 radical (unpaired) electrons. The van der Waals surface area contributed by atoms with Crippen molar-refractivity contribution in [2.24, 2.45) is 5.92 Å². The van der Waals surface area contributed by atoms with Gasteiger partial charge in [-0.3, -0.25) is 0 Å². The zero-order valence-electron chi connectivity index (χ0n) is 11.3. The van der Waals surface area contributed by atoms with E-state index in [4.69, 9.17) is 23.2 Å². The van der Waals surface area contributed by atoms with Gasteiger partial charge < -0.3 is 0 Å². The standard InChI is InChI=1S/C13H18Cl2N2O2S/c1-9-5-3-2-4-6-12(9)17-20(18,19)10-7-11(14)13(15)16-8-10/h7-9,12,17H,2-6H2,1H3. The Hall–Kier alpha value is -0.360. The van der Waals surface area contributed by atoms with E-state index in [1.165, 1.54) is 12.3 Å². The Morgan fingerprint density at radius 2 is 1.95 bits per heavy atom. The summed E-state index contributed by atoms with van der Waals surface area (Å²) in [4.78, 5) is 3.85. The SMILES string of the molecule is CC1CCCCCC1NS(=O)(=O)c1cnc(Cl)c(Cl)c1. The summed E-state index contributed by atoms with van der Waals surface area (Å²) in [7, 11) is -3.60. The number of aromatic nitrogens is 1. The lowest BCUT2D eigenvalue weighted by atomic mass is 9.98. The van der Waals surface area contributed by atoms with E-state index in [1.807, 2.05) is 0 Å². The predicted molar refractivity (Wildman–Crippen MR) is 80.6 cm³/mol. The summed E-state index contributed by atoms with van der Waals surface area (Å²) in [6.07, 6.45) is 6.53. The van der Waals surface area contributed by atoms with Crippen LogP contribution in [-0.2, 0) is 10.0 Å². The third-order valence-electron chi connectivity index (χ3n) is 3.75. The Labute approximate surface area is 129 Å². The van der Waals surface area contributed by atoms with Gasteiger partial charge in [0.15, 0.2) is 0 Å². The van der Waals surface area contributed by atoms with Crippen molar-refractivity contribution in [1.82, 2.24) is 9.71 Å². The van der Waals surface area contributed by atoms with Crippen LogP contribution >= 0.6 is 23.2 Å². The van der Waals surface area contributed by atoms with Gasteiger partial charge in [0.1, 0.15) is 10.0 Å². The summed E-state index contributed by atoms with van der Waals surface area (Å²) in [6, 6.07) is 1.30. The maximum atomic E-state index is 12.4. The smallest absolute Gasteiger partial charge is 0.242 e. The van der Waals surface area contributed by atoms with Crippen LogP contribution in [0.2, 0.25) is 10.2 Å². The molecule has 1 aliphatic carbocycles. The monoisotopic (exact) mass is 336 g/mol. The highest BCUT2D eigenvalue weighted by molar-refractivity contribution is 7.89. The zero-order chi connectivity index (χ0) is 14.8. The Morgan fingerprint density at radius 3 is 2.65 bits per heavy atom. The highest BCUT2D eigenvalue weighted by Crippen LogP contribution is 2.26. The van der Waals surface area contributed by atoms with Crippen molar-refractivity contribution in [3.63, 3.8) is 0 Å². The molecule has 2 unspecified atom stereocenters. The average Bonchev–Trinajstić information content (AvgIpc) is 2.58. The largest absolute Gasteiger partial charge is 0.242 e. The van der Waals surface area contributed by atoms with Crippen LogP contribution in [0.25, 0.3) is 0 Å². The van der Waals surface area contributed by atoms with E-state index >= 15 is 0 Å². The topological polar surface area (TPSA) is 59.1 Å². The molecule has 1 saturated carbocycles. The van der Waals surface area contributed by atoms with Crippen LogP contribution in [-0.4, -0.2) is 19.4 Å². The second kappa shape index (κ2) is 6.60. The maximum absolute atomic E-state index is 12.4. The van der Waals surface area contributed by atoms with Crippen LogP contribution in [0.4, 0.5) is 0 Å². The number of halogens is 2. The van der Waals surface area contributed by atoms with Crippen molar-refractivity contribution >= 4 is 33.2 Å². The summed E-state index contributed by atoms with van der Waals surface area (Å²) in [5.74, 6) is 0.336. The molecule has 1 fully saturated rings.